The molecule has 3 N–H and O–H groups in total. The molecule has 0 aliphatic heterocycles. The Kier molecular flexibility index (Phi) is 3.28. The Labute approximate surface area is 108 Å². The molecule has 1 heterocycles. The van der Waals surface area contributed by atoms with Crippen molar-refractivity contribution in [3.8, 4) is 0 Å². The maximum Gasteiger partial charge on any atom is 0.331 e. The average Bonchev–Trinajstić information content (AvgIpc) is 2.88. The fourth-order valence-electron chi connectivity index (χ4n) is 1.51. The van der Waals surface area contributed by atoms with Crippen LogP contribution in [0.3, 0.4) is 0 Å². The van der Waals surface area contributed by atoms with Crippen molar-refractivity contribution in [3.63, 3.8) is 0 Å². The third-order valence-corrected chi connectivity index (χ3v) is 2.61. The molecule has 0 spiro atoms. The monoisotopic (exact) mass is 262 g/mol. The van der Waals surface area contributed by atoms with Crippen LogP contribution in [0.5, 0.6) is 0 Å². The summed E-state index contributed by atoms with van der Waals surface area (Å²) >= 11 is 0. The summed E-state index contributed by atoms with van der Waals surface area (Å²) in [7, 11) is 0. The number of rotatable bonds is 2. The van der Waals surface area contributed by atoms with Gasteiger partial charge < -0.3 is 11.1 Å². The molecule has 0 radical (unpaired) electrons. The van der Waals surface area contributed by atoms with Crippen LogP contribution in [-0.4, -0.2) is 21.5 Å². The topological polar surface area (TPSA) is 90.0 Å². The van der Waals surface area contributed by atoms with Crippen molar-refractivity contribution in [1.82, 2.24) is 9.55 Å². The van der Waals surface area contributed by atoms with E-state index in [9.17, 15) is 14.0 Å². The van der Waals surface area contributed by atoms with Crippen molar-refractivity contribution in [2.75, 3.05) is 5.32 Å². The number of nitrogens with zero attached hydrogens (tertiary/aromatic N) is 2. The molecule has 0 aliphatic carbocycles. The smallest absolute Gasteiger partial charge is 0.331 e. The standard InChI is InChI=1S/C12H11FN4O2/c1-7-9(13)4-8(11(14)18)5-10(7)16-12(19)17-3-2-15-6-17/h2-6H,1H3,(H2,14,18)(H,16,19). The Balaban J connectivity index is 2.34. The van der Waals surface area contributed by atoms with Crippen molar-refractivity contribution in [2.45, 2.75) is 6.92 Å². The molecule has 0 fully saturated rings. The van der Waals surface area contributed by atoms with E-state index in [1.165, 1.54) is 36.3 Å². The second-order valence-corrected chi connectivity index (χ2v) is 3.89. The van der Waals surface area contributed by atoms with Crippen LogP contribution in [0.25, 0.3) is 0 Å². The van der Waals surface area contributed by atoms with Crippen molar-refractivity contribution in [2.24, 2.45) is 5.73 Å². The number of imidazole rings is 1. The van der Waals surface area contributed by atoms with Gasteiger partial charge in [0.1, 0.15) is 12.1 Å². The molecule has 1 aromatic heterocycles. The first-order chi connectivity index (χ1) is 8.99. The van der Waals surface area contributed by atoms with Crippen molar-refractivity contribution in [3.05, 3.63) is 47.8 Å². The Bertz CT molecular complexity index is 637. The third kappa shape index (κ3) is 2.59. The SMILES string of the molecule is Cc1c(F)cc(C(N)=O)cc1NC(=O)n1ccnc1. The highest BCUT2D eigenvalue weighted by molar-refractivity contribution is 5.97. The molecular formula is C12H11FN4O2. The molecule has 0 saturated carbocycles. The van der Waals surface area contributed by atoms with Gasteiger partial charge in [-0.15, -0.1) is 0 Å². The Morgan fingerprint density at radius 3 is 2.74 bits per heavy atom. The lowest BCUT2D eigenvalue weighted by Gasteiger charge is -2.10. The van der Waals surface area contributed by atoms with E-state index < -0.39 is 17.8 Å². The molecule has 1 aromatic carbocycles. The van der Waals surface area contributed by atoms with Crippen LogP contribution in [0.15, 0.2) is 30.9 Å². The van der Waals surface area contributed by atoms with Gasteiger partial charge in [-0.1, -0.05) is 0 Å². The van der Waals surface area contributed by atoms with Gasteiger partial charge in [0.15, 0.2) is 0 Å². The number of carbonyl (C=O) groups excluding carboxylic acids is 2. The lowest BCUT2D eigenvalue weighted by Crippen LogP contribution is -2.20. The first kappa shape index (κ1) is 12.7. The van der Waals surface area contributed by atoms with Crippen LogP contribution in [0.4, 0.5) is 14.9 Å². The summed E-state index contributed by atoms with van der Waals surface area (Å²) in [6, 6.07) is 1.85. The lowest BCUT2D eigenvalue weighted by molar-refractivity contribution is 0.1000. The Hall–Kier alpha value is -2.70. The van der Waals surface area contributed by atoms with Crippen LogP contribution in [-0.2, 0) is 0 Å². The summed E-state index contributed by atoms with van der Waals surface area (Å²) in [5.41, 5.74) is 5.49. The fraction of sp³-hybridized carbons (Fsp3) is 0.0833. The molecule has 98 valence electrons. The maximum atomic E-state index is 13.6. The van der Waals surface area contributed by atoms with E-state index in [0.29, 0.717) is 0 Å². The van der Waals surface area contributed by atoms with E-state index in [1.807, 2.05) is 0 Å². The second kappa shape index (κ2) is 4.89. The normalized spacial score (nSPS) is 10.2. The highest BCUT2D eigenvalue weighted by Crippen LogP contribution is 2.20. The average molecular weight is 262 g/mol. The minimum absolute atomic E-state index is 0.0102. The van der Waals surface area contributed by atoms with Gasteiger partial charge in [0, 0.05) is 29.2 Å². The van der Waals surface area contributed by atoms with Gasteiger partial charge in [-0.3, -0.25) is 9.36 Å². The molecule has 2 aromatic rings. The highest BCUT2D eigenvalue weighted by Gasteiger charge is 2.13. The second-order valence-electron chi connectivity index (χ2n) is 3.89. The summed E-state index contributed by atoms with van der Waals surface area (Å²) in [6.07, 6.45) is 4.19. The Morgan fingerprint density at radius 1 is 1.42 bits per heavy atom. The predicted molar refractivity (Wildman–Crippen MR) is 66.3 cm³/mol. The molecule has 0 aliphatic rings. The summed E-state index contributed by atoms with van der Waals surface area (Å²) in [6.45, 7) is 1.49. The number of hydrogen-bond acceptors (Lipinski definition) is 3. The molecule has 0 saturated heterocycles. The van der Waals surface area contributed by atoms with E-state index in [4.69, 9.17) is 5.73 Å². The van der Waals surface area contributed by atoms with Gasteiger partial charge in [-0.2, -0.15) is 0 Å². The maximum absolute atomic E-state index is 13.6. The van der Waals surface area contributed by atoms with Crippen LogP contribution < -0.4 is 11.1 Å². The van der Waals surface area contributed by atoms with E-state index in [2.05, 4.69) is 10.3 Å². The summed E-state index contributed by atoms with van der Waals surface area (Å²) in [5.74, 6) is -1.38. The van der Waals surface area contributed by atoms with Crippen LogP contribution in [0.2, 0.25) is 0 Å². The molecule has 2 rings (SSSR count). The zero-order valence-electron chi connectivity index (χ0n) is 10.1. The third-order valence-electron chi connectivity index (χ3n) is 2.61. The molecule has 19 heavy (non-hydrogen) atoms. The number of halogens is 1. The number of amides is 2. The number of carbonyl (C=O) groups is 2. The van der Waals surface area contributed by atoms with E-state index in [0.717, 1.165) is 6.07 Å². The van der Waals surface area contributed by atoms with E-state index in [-0.39, 0.29) is 16.8 Å². The number of benzene rings is 1. The predicted octanol–water partition coefficient (Wildman–Crippen LogP) is 1.51. The zero-order chi connectivity index (χ0) is 14.0. The zero-order valence-corrected chi connectivity index (χ0v) is 10.1. The minimum Gasteiger partial charge on any atom is -0.366 e. The van der Waals surface area contributed by atoms with Crippen LogP contribution in [0.1, 0.15) is 15.9 Å². The molecule has 6 nitrogen and oxygen atoms in total. The number of primary amides is 1. The van der Waals surface area contributed by atoms with Gasteiger partial charge in [0.05, 0.1) is 0 Å². The van der Waals surface area contributed by atoms with Gasteiger partial charge in [0.25, 0.3) is 0 Å². The molecule has 0 bridgehead atoms. The Morgan fingerprint density at radius 2 is 2.16 bits per heavy atom. The van der Waals surface area contributed by atoms with Crippen molar-refractivity contribution >= 4 is 17.6 Å². The molecule has 0 unspecified atom stereocenters. The number of anilines is 1. The lowest BCUT2D eigenvalue weighted by atomic mass is 10.1. The molecule has 0 atom stereocenters. The number of aromatic nitrogens is 2. The number of hydrogen-bond donors (Lipinski definition) is 2. The fourth-order valence-corrected chi connectivity index (χ4v) is 1.51. The van der Waals surface area contributed by atoms with Crippen molar-refractivity contribution < 1.29 is 14.0 Å². The van der Waals surface area contributed by atoms with Gasteiger partial charge in [-0.05, 0) is 19.1 Å². The largest absolute Gasteiger partial charge is 0.366 e. The first-order valence-electron chi connectivity index (χ1n) is 5.38. The van der Waals surface area contributed by atoms with E-state index in [1.54, 1.807) is 0 Å². The molecular weight excluding hydrogens is 251 g/mol. The van der Waals surface area contributed by atoms with Crippen LogP contribution in [0, 0.1) is 12.7 Å². The summed E-state index contributed by atoms with van der Waals surface area (Å²) in [5, 5.41) is 2.48. The molecule has 2 amide bonds. The highest BCUT2D eigenvalue weighted by atomic mass is 19.1. The number of nitrogens with two attached hydrogens (primary N) is 1. The number of nitrogens with one attached hydrogen (secondary N) is 1. The van der Waals surface area contributed by atoms with Gasteiger partial charge in [-0.25, -0.2) is 14.2 Å². The van der Waals surface area contributed by atoms with Gasteiger partial charge >= 0.3 is 6.03 Å². The minimum atomic E-state index is -0.767. The summed E-state index contributed by atoms with van der Waals surface area (Å²) < 4.78 is 14.8. The van der Waals surface area contributed by atoms with Gasteiger partial charge in [0.2, 0.25) is 5.91 Å². The quantitative estimate of drug-likeness (QED) is 0.859. The van der Waals surface area contributed by atoms with Crippen LogP contribution >= 0.6 is 0 Å². The molecule has 7 heteroatoms. The van der Waals surface area contributed by atoms with E-state index >= 15 is 0 Å². The van der Waals surface area contributed by atoms with Crippen molar-refractivity contribution in [1.29, 1.82) is 0 Å². The first-order valence-corrected chi connectivity index (χ1v) is 5.38. The summed E-state index contributed by atoms with van der Waals surface area (Å²) in [4.78, 5) is 26.6.